The van der Waals surface area contributed by atoms with Gasteiger partial charge >= 0.3 is 0 Å². The Morgan fingerprint density at radius 3 is 1.26 bits per heavy atom. The van der Waals surface area contributed by atoms with Crippen molar-refractivity contribution in [1.82, 2.24) is 75.9 Å². The number of nitrogen functional groups attached to an aromatic ring is 3. The van der Waals surface area contributed by atoms with Crippen LogP contribution in [0.2, 0.25) is 0 Å². The molecule has 0 radical (unpaired) electrons. The maximum Gasteiger partial charge on any atom is 0.264 e. The lowest BCUT2D eigenvalue weighted by Crippen LogP contribution is -2.01. The first-order chi connectivity index (χ1) is 53.5. The molecule has 0 saturated heterocycles. The Kier molecular flexibility index (Phi) is 21.4. The van der Waals surface area contributed by atoms with Crippen molar-refractivity contribution in [3.63, 3.8) is 0 Å². The standard InChI is InChI=1S/C22H20N4.C21H18N4.C17H12N4.C14H10F2N4.C13H10N4O/c1-14-8-7-9-15(2)20(14)17-12-16(3)21-19(13-17)25-26-22(24-21)23-18-10-5-4-6-11-18;1-14-7-6-8-15(2)20(14)16-11-12-18-19(13-16)24-25-21(23-18)22-17-9-4-3-5-10-17;18-17-19-15-9-8-12(10-16(15)20-21-17)14-7-3-5-11-4-1-2-6-13(11)14;15-13(16)10-4-2-1-3-9(10)8-5-6-11-12(7-8)19-20-14(17)18-11;14-13-15-11-5-4-9(7-12(11)16-17-13)8-2-1-3-10(18)6-8/h4-13H,1-3H3,(H,23,24,26);3-13H,1-2H3,(H,22,23,25);1-10H,(H2,18,19,21);1-7,13H,(H2,17,18,20);1-7,18H,(H2,14,15,17). The first-order valence-corrected chi connectivity index (χ1v) is 34.9. The number of nitrogens with zero attached hydrogens (tertiary/aromatic N) is 15. The number of aromatic nitrogens is 15. The van der Waals surface area contributed by atoms with Gasteiger partial charge in [0.1, 0.15) is 33.3 Å². The first kappa shape index (κ1) is 72.1. The predicted molar refractivity (Wildman–Crippen MR) is 434 cm³/mol. The fraction of sp³-hybridized carbons (Fsp3) is 0.0690. The van der Waals surface area contributed by atoms with Crippen LogP contribution < -0.4 is 27.8 Å². The van der Waals surface area contributed by atoms with Gasteiger partial charge in [0.2, 0.25) is 29.7 Å². The number of halogens is 2. The maximum absolute atomic E-state index is 13.0. The minimum absolute atomic E-state index is 0.0109. The summed E-state index contributed by atoms with van der Waals surface area (Å²) in [6, 6.07) is 87.5. The molecule has 0 aliphatic rings. The van der Waals surface area contributed by atoms with Gasteiger partial charge in [0.15, 0.2) is 0 Å². The topological polar surface area (TPSA) is 316 Å². The highest BCUT2D eigenvalue weighted by atomic mass is 19.3. The monoisotopic (exact) mass is 1450 g/mol. The number of fused-ring (bicyclic) bond motifs is 6. The molecule has 21 nitrogen and oxygen atoms in total. The molecule has 0 amide bonds. The number of benzene rings is 13. The molecule has 0 fully saturated rings. The summed E-state index contributed by atoms with van der Waals surface area (Å²) in [4.78, 5) is 21.5. The van der Waals surface area contributed by atoms with Gasteiger partial charge in [-0.25, -0.2) is 33.7 Å². The Bertz CT molecular complexity index is 6340. The van der Waals surface area contributed by atoms with Crippen LogP contribution in [0, 0.1) is 34.6 Å². The molecule has 0 bridgehead atoms. The number of aromatic hydroxyl groups is 1. The number of nitrogens with two attached hydrogens (primary N) is 3. The van der Waals surface area contributed by atoms with E-state index in [4.69, 9.17) is 17.2 Å². The van der Waals surface area contributed by atoms with Crippen molar-refractivity contribution >= 4 is 107 Å². The summed E-state index contributed by atoms with van der Waals surface area (Å²) in [5.74, 6) is 1.67. The fourth-order valence-corrected chi connectivity index (χ4v) is 12.9. The van der Waals surface area contributed by atoms with Crippen LogP contribution in [0.5, 0.6) is 5.75 Å². The molecule has 0 atom stereocenters. The van der Waals surface area contributed by atoms with Gasteiger partial charge in [-0.1, -0.05) is 176 Å². The molecule has 0 aliphatic carbocycles. The molecule has 538 valence electrons. The second-order valence-corrected chi connectivity index (χ2v) is 25.7. The third-order valence-corrected chi connectivity index (χ3v) is 18.0. The molecule has 0 spiro atoms. The van der Waals surface area contributed by atoms with Gasteiger partial charge in [0.05, 0.1) is 27.6 Å². The zero-order chi connectivity index (χ0) is 76.2. The van der Waals surface area contributed by atoms with E-state index in [-0.39, 0.29) is 29.2 Å². The molecule has 13 aromatic carbocycles. The second kappa shape index (κ2) is 32.6. The summed E-state index contributed by atoms with van der Waals surface area (Å²) in [5.41, 5.74) is 41.8. The van der Waals surface area contributed by atoms with Crippen LogP contribution in [0.15, 0.2) is 273 Å². The van der Waals surface area contributed by atoms with Gasteiger partial charge in [-0.05, 0) is 226 Å². The van der Waals surface area contributed by atoms with Crippen molar-refractivity contribution in [2.45, 2.75) is 41.0 Å². The minimum Gasteiger partial charge on any atom is -0.508 e. The van der Waals surface area contributed by atoms with Crippen molar-refractivity contribution in [3.05, 3.63) is 306 Å². The van der Waals surface area contributed by atoms with Crippen LogP contribution >= 0.6 is 0 Å². The Labute approximate surface area is 630 Å². The van der Waals surface area contributed by atoms with E-state index in [2.05, 4.69) is 218 Å². The average molecular weight is 1450 g/mol. The summed E-state index contributed by atoms with van der Waals surface area (Å²) in [6.45, 7) is 10.6. The van der Waals surface area contributed by atoms with Crippen LogP contribution in [-0.4, -0.2) is 81.0 Å². The van der Waals surface area contributed by atoms with E-state index in [1.54, 1.807) is 54.6 Å². The summed E-state index contributed by atoms with van der Waals surface area (Å²) < 4.78 is 26.0. The molecule has 18 aromatic rings. The third kappa shape index (κ3) is 16.9. The highest BCUT2D eigenvalue weighted by Gasteiger charge is 2.17. The average Bonchev–Trinajstić information content (AvgIpc) is 0.784. The molecule has 5 aromatic heterocycles. The quantitative estimate of drug-likeness (QED) is 0.0741. The van der Waals surface area contributed by atoms with E-state index in [1.807, 2.05) is 115 Å². The number of rotatable bonds is 10. The number of anilines is 7. The summed E-state index contributed by atoms with van der Waals surface area (Å²) >= 11 is 0. The first-order valence-electron chi connectivity index (χ1n) is 34.9. The molecule has 9 N–H and O–H groups in total. The number of nitrogens with one attached hydrogen (secondary N) is 2. The van der Waals surface area contributed by atoms with E-state index in [0.29, 0.717) is 45.1 Å². The van der Waals surface area contributed by atoms with E-state index in [9.17, 15) is 13.9 Å². The largest absolute Gasteiger partial charge is 0.508 e. The number of aryl methyl sites for hydroxylation is 5. The number of phenolic OH excluding ortho intramolecular Hbond substituents is 1. The van der Waals surface area contributed by atoms with Crippen molar-refractivity contribution in [2.75, 3.05) is 27.8 Å². The van der Waals surface area contributed by atoms with Crippen LogP contribution in [0.3, 0.4) is 0 Å². The predicted octanol–water partition coefficient (Wildman–Crippen LogP) is 19.0. The highest BCUT2D eigenvalue weighted by Crippen LogP contribution is 2.36. The maximum atomic E-state index is 13.0. The molecular formula is C87H70F2N20O. The SMILES string of the molecule is Cc1cccc(C)c1-c1cc(C)c2nc(Nc3ccccc3)nnc2c1.Cc1cccc(C)c1-c1ccc2nc(Nc3ccccc3)nnc2c1.Nc1nnc2cc(-c3cccc(O)c3)ccc2n1.Nc1nnc2cc(-c3cccc4ccccc34)ccc2n1.Nc1nnc2cc(-c3ccccc3C(F)F)ccc2n1. The Morgan fingerprint density at radius 2 is 0.700 bits per heavy atom. The number of alkyl halides is 2. The Balaban J connectivity index is 0.000000115. The molecule has 23 heteroatoms. The molecule has 5 heterocycles. The van der Waals surface area contributed by atoms with Crippen LogP contribution in [-0.2, 0) is 0 Å². The number of hydrogen-bond acceptors (Lipinski definition) is 21. The van der Waals surface area contributed by atoms with Crippen LogP contribution in [0.4, 0.5) is 49.9 Å². The molecular weight excluding hydrogens is 1380 g/mol. The van der Waals surface area contributed by atoms with E-state index in [1.165, 1.54) is 55.8 Å². The summed E-state index contributed by atoms with van der Waals surface area (Å²) in [6.07, 6.45) is -2.53. The Hall–Kier alpha value is -14.9. The van der Waals surface area contributed by atoms with Gasteiger partial charge in [0, 0.05) is 16.9 Å². The van der Waals surface area contributed by atoms with Crippen molar-refractivity contribution in [3.8, 4) is 61.4 Å². The lowest BCUT2D eigenvalue weighted by molar-refractivity contribution is 0.152. The third-order valence-electron chi connectivity index (χ3n) is 18.0. The van der Waals surface area contributed by atoms with Gasteiger partial charge in [-0.15, -0.1) is 51.0 Å². The van der Waals surface area contributed by atoms with Crippen molar-refractivity contribution < 1.29 is 13.9 Å². The van der Waals surface area contributed by atoms with Crippen molar-refractivity contribution in [2.24, 2.45) is 0 Å². The fourth-order valence-electron chi connectivity index (χ4n) is 12.9. The molecule has 0 aliphatic heterocycles. The lowest BCUT2D eigenvalue weighted by atomic mass is 9.94. The number of para-hydroxylation sites is 2. The van der Waals surface area contributed by atoms with Gasteiger partial charge in [0.25, 0.3) is 6.43 Å². The minimum atomic E-state index is -2.53. The zero-order valence-corrected chi connectivity index (χ0v) is 60.2. The van der Waals surface area contributed by atoms with E-state index < -0.39 is 6.43 Å². The van der Waals surface area contributed by atoms with Crippen molar-refractivity contribution in [1.29, 1.82) is 0 Å². The molecule has 18 rings (SSSR count). The molecule has 0 unspecified atom stereocenters. The van der Waals surface area contributed by atoms with Crippen LogP contribution in [0.25, 0.3) is 122 Å². The Morgan fingerprint density at radius 1 is 0.300 bits per heavy atom. The van der Waals surface area contributed by atoms with Gasteiger partial charge in [-0.2, -0.15) is 0 Å². The molecule has 110 heavy (non-hydrogen) atoms. The zero-order valence-electron chi connectivity index (χ0n) is 60.2. The van der Waals surface area contributed by atoms with Gasteiger partial charge in [-0.3, -0.25) is 0 Å². The lowest BCUT2D eigenvalue weighted by Gasteiger charge is -2.12. The van der Waals surface area contributed by atoms with E-state index >= 15 is 0 Å². The summed E-state index contributed by atoms with van der Waals surface area (Å²) in [5, 5.41) is 58.7. The highest BCUT2D eigenvalue weighted by molar-refractivity contribution is 5.98. The second-order valence-electron chi connectivity index (χ2n) is 25.7. The number of phenols is 1. The van der Waals surface area contributed by atoms with Crippen LogP contribution in [0.1, 0.15) is 39.8 Å². The normalized spacial score (nSPS) is 10.9. The number of hydrogen-bond donors (Lipinski definition) is 6. The smallest absolute Gasteiger partial charge is 0.264 e. The van der Waals surface area contributed by atoms with E-state index in [0.717, 1.165) is 77.9 Å². The molecule has 0 saturated carbocycles. The summed E-state index contributed by atoms with van der Waals surface area (Å²) in [7, 11) is 0. The van der Waals surface area contributed by atoms with Gasteiger partial charge < -0.3 is 32.9 Å².